The zero-order chi connectivity index (χ0) is 12.0. The van der Waals surface area contributed by atoms with Crippen LogP contribution in [0.15, 0.2) is 0 Å². The van der Waals surface area contributed by atoms with Gasteiger partial charge >= 0.3 is 5.97 Å². The average molecular weight is 232 g/mol. The second-order valence-corrected chi connectivity index (χ2v) is 4.10. The van der Waals surface area contributed by atoms with E-state index in [1.807, 2.05) is 6.92 Å². The van der Waals surface area contributed by atoms with Gasteiger partial charge in [0.15, 0.2) is 13.1 Å². The summed E-state index contributed by atoms with van der Waals surface area (Å²) >= 11 is 0. The van der Waals surface area contributed by atoms with Crippen LogP contribution in [0.1, 0.15) is 32.6 Å². The van der Waals surface area contributed by atoms with Gasteiger partial charge in [0.25, 0.3) is 0 Å². The predicted octanol–water partition coefficient (Wildman–Crippen LogP) is 0.641. The van der Waals surface area contributed by atoms with Crippen molar-refractivity contribution < 1.29 is 24.5 Å². The van der Waals surface area contributed by atoms with Gasteiger partial charge in [0.1, 0.15) is 0 Å². The first-order valence-electron chi connectivity index (χ1n) is 5.75. The molecule has 0 spiro atoms. The topological polar surface area (TPSA) is 76.0 Å². The third-order valence-corrected chi connectivity index (χ3v) is 3.02. The largest absolute Gasteiger partial charge is 0.438 e. The first kappa shape index (κ1) is 13.4. The quantitative estimate of drug-likeness (QED) is 0.413. The minimum atomic E-state index is -1.26. The summed E-state index contributed by atoms with van der Waals surface area (Å²) in [5, 5.41) is 18.0. The molecule has 0 aromatic rings. The molecule has 5 heteroatoms. The first-order valence-corrected chi connectivity index (χ1v) is 5.75. The summed E-state index contributed by atoms with van der Waals surface area (Å²) in [6, 6.07) is 0. The molecule has 0 atom stereocenters. The van der Waals surface area contributed by atoms with Crippen molar-refractivity contribution in [3.8, 4) is 0 Å². The molecular formula is C11H20O5. The number of hydrogen-bond donors (Lipinski definition) is 2. The van der Waals surface area contributed by atoms with Crippen LogP contribution >= 0.6 is 0 Å². The Bertz CT molecular complexity index is 208. The molecule has 0 aromatic carbocycles. The van der Waals surface area contributed by atoms with E-state index < -0.39 is 6.29 Å². The highest BCUT2D eigenvalue weighted by Gasteiger charge is 2.29. The maximum Gasteiger partial charge on any atom is 0.311 e. The summed E-state index contributed by atoms with van der Waals surface area (Å²) in [5.41, 5.74) is 0. The average Bonchev–Trinajstić information content (AvgIpc) is 2.29. The smallest absolute Gasteiger partial charge is 0.311 e. The lowest BCUT2D eigenvalue weighted by atomic mass is 9.82. The highest BCUT2D eigenvalue weighted by atomic mass is 16.7. The van der Waals surface area contributed by atoms with Crippen LogP contribution in [-0.4, -0.2) is 35.9 Å². The number of carbonyl (C=O) groups excluding carboxylic acids is 1. The molecule has 0 radical (unpaired) electrons. The van der Waals surface area contributed by atoms with E-state index in [1.54, 1.807) is 0 Å². The molecule has 0 aliphatic heterocycles. The third-order valence-electron chi connectivity index (χ3n) is 3.02. The predicted molar refractivity (Wildman–Crippen MR) is 56.3 cm³/mol. The Morgan fingerprint density at radius 2 is 1.94 bits per heavy atom. The summed E-state index contributed by atoms with van der Waals surface area (Å²) in [6.07, 6.45) is 1.37. The fraction of sp³-hybridized carbons (Fsp3) is 0.909. The van der Waals surface area contributed by atoms with E-state index in [1.165, 1.54) is 0 Å². The normalized spacial score (nSPS) is 25.8. The van der Waals surface area contributed by atoms with Crippen LogP contribution in [0.4, 0.5) is 0 Å². The van der Waals surface area contributed by atoms with Crippen molar-refractivity contribution in [2.45, 2.75) is 38.9 Å². The minimum absolute atomic E-state index is 0.0118. The third kappa shape index (κ3) is 4.08. The maximum absolute atomic E-state index is 11.5. The maximum atomic E-state index is 11.5. The molecule has 94 valence electrons. The van der Waals surface area contributed by atoms with Crippen LogP contribution < -0.4 is 0 Å². The van der Waals surface area contributed by atoms with Crippen molar-refractivity contribution in [2.75, 3.05) is 13.4 Å². The van der Waals surface area contributed by atoms with E-state index in [9.17, 15) is 4.79 Å². The van der Waals surface area contributed by atoms with Gasteiger partial charge < -0.3 is 19.7 Å². The van der Waals surface area contributed by atoms with Crippen molar-refractivity contribution in [2.24, 2.45) is 11.8 Å². The zero-order valence-corrected chi connectivity index (χ0v) is 9.59. The Kier molecular flexibility index (Phi) is 5.73. The van der Waals surface area contributed by atoms with Crippen LogP contribution in [-0.2, 0) is 14.3 Å². The van der Waals surface area contributed by atoms with Crippen molar-refractivity contribution in [3.63, 3.8) is 0 Å². The Morgan fingerprint density at radius 1 is 1.31 bits per heavy atom. The lowest BCUT2D eigenvalue weighted by molar-refractivity contribution is -0.164. The molecule has 0 unspecified atom stereocenters. The van der Waals surface area contributed by atoms with Crippen LogP contribution in [0, 0.1) is 11.8 Å². The van der Waals surface area contributed by atoms with Crippen molar-refractivity contribution >= 4 is 5.97 Å². The summed E-state index contributed by atoms with van der Waals surface area (Å²) in [7, 11) is 0. The molecule has 1 fully saturated rings. The zero-order valence-electron chi connectivity index (χ0n) is 9.59. The molecule has 0 heterocycles. The van der Waals surface area contributed by atoms with E-state index >= 15 is 0 Å². The van der Waals surface area contributed by atoms with Crippen LogP contribution in [0.5, 0.6) is 0 Å². The standard InChI is InChI=1S/C11H20O5/c1-2-15-7-16-11(14)9-5-3-8(4-6-9)10(12)13/h8-10,12-13H,2-7H2,1H3. The molecule has 1 rings (SSSR count). The number of aliphatic hydroxyl groups is 2. The second kappa shape index (κ2) is 6.83. The minimum Gasteiger partial charge on any atom is -0.438 e. The molecule has 1 saturated carbocycles. The number of ether oxygens (including phenoxy) is 2. The van der Waals surface area contributed by atoms with E-state index in [0.29, 0.717) is 32.3 Å². The fourth-order valence-corrected chi connectivity index (χ4v) is 1.95. The number of esters is 1. The summed E-state index contributed by atoms with van der Waals surface area (Å²) < 4.78 is 9.86. The van der Waals surface area contributed by atoms with Gasteiger partial charge in [-0.2, -0.15) is 0 Å². The van der Waals surface area contributed by atoms with Crippen LogP contribution in [0.3, 0.4) is 0 Å². The van der Waals surface area contributed by atoms with Gasteiger partial charge in [0.2, 0.25) is 0 Å². The summed E-state index contributed by atoms with van der Waals surface area (Å²) in [5.74, 6) is -0.453. The Balaban J connectivity index is 2.22. The second-order valence-electron chi connectivity index (χ2n) is 4.10. The molecule has 0 aromatic heterocycles. The highest BCUT2D eigenvalue weighted by Crippen LogP contribution is 2.30. The van der Waals surface area contributed by atoms with Crippen molar-refractivity contribution in [1.82, 2.24) is 0 Å². The molecular weight excluding hydrogens is 212 g/mol. The summed E-state index contributed by atoms with van der Waals surface area (Å²) in [4.78, 5) is 11.5. The van der Waals surface area contributed by atoms with E-state index in [2.05, 4.69) is 0 Å². The van der Waals surface area contributed by atoms with Crippen molar-refractivity contribution in [3.05, 3.63) is 0 Å². The first-order chi connectivity index (χ1) is 7.65. The van der Waals surface area contributed by atoms with Gasteiger partial charge in [-0.25, -0.2) is 0 Å². The van der Waals surface area contributed by atoms with E-state index in [0.717, 1.165) is 0 Å². The molecule has 2 N–H and O–H groups in total. The summed E-state index contributed by atoms with van der Waals surface area (Å²) in [6.45, 7) is 2.37. The highest BCUT2D eigenvalue weighted by molar-refractivity contribution is 5.72. The molecule has 16 heavy (non-hydrogen) atoms. The lowest BCUT2D eigenvalue weighted by Gasteiger charge is -2.27. The molecule has 1 aliphatic rings. The van der Waals surface area contributed by atoms with E-state index in [4.69, 9.17) is 19.7 Å². The van der Waals surface area contributed by atoms with Gasteiger partial charge in [-0.15, -0.1) is 0 Å². The van der Waals surface area contributed by atoms with Crippen LogP contribution in [0.25, 0.3) is 0 Å². The lowest BCUT2D eigenvalue weighted by Crippen LogP contribution is -2.29. The van der Waals surface area contributed by atoms with Gasteiger partial charge in [0, 0.05) is 12.5 Å². The van der Waals surface area contributed by atoms with Gasteiger partial charge in [-0.05, 0) is 32.6 Å². The van der Waals surface area contributed by atoms with Crippen LogP contribution in [0.2, 0.25) is 0 Å². The SMILES string of the molecule is CCOCOC(=O)C1CCC(C(O)O)CC1. The van der Waals surface area contributed by atoms with Gasteiger partial charge in [0.05, 0.1) is 5.92 Å². The Morgan fingerprint density at radius 3 is 2.44 bits per heavy atom. The number of aliphatic hydroxyl groups excluding tert-OH is 1. The molecule has 0 bridgehead atoms. The molecule has 0 amide bonds. The van der Waals surface area contributed by atoms with Gasteiger partial charge in [-0.3, -0.25) is 4.79 Å². The Labute approximate surface area is 95.4 Å². The molecule has 0 saturated heterocycles. The number of carbonyl (C=O) groups is 1. The van der Waals surface area contributed by atoms with Crippen molar-refractivity contribution in [1.29, 1.82) is 0 Å². The number of hydrogen-bond acceptors (Lipinski definition) is 5. The monoisotopic (exact) mass is 232 g/mol. The van der Waals surface area contributed by atoms with Gasteiger partial charge in [-0.1, -0.05) is 0 Å². The number of rotatable bonds is 5. The molecule has 1 aliphatic carbocycles. The molecule has 5 nitrogen and oxygen atoms in total. The van der Waals surface area contributed by atoms with E-state index in [-0.39, 0.29) is 24.6 Å². The fourth-order valence-electron chi connectivity index (χ4n) is 1.95. The Hall–Kier alpha value is -0.650.